The molecule has 2 aliphatic rings. The van der Waals surface area contributed by atoms with Crippen molar-refractivity contribution in [2.24, 2.45) is 11.7 Å². The van der Waals surface area contributed by atoms with Gasteiger partial charge in [-0.3, -0.25) is 4.79 Å². The fraction of sp³-hybridized carbons (Fsp3) is 0.615. The summed E-state index contributed by atoms with van der Waals surface area (Å²) in [6.45, 7) is 4.37. The van der Waals surface area contributed by atoms with Crippen molar-refractivity contribution in [1.29, 1.82) is 0 Å². The van der Waals surface area contributed by atoms with Gasteiger partial charge < -0.3 is 20.2 Å². The molecule has 1 aromatic rings. The van der Waals surface area contributed by atoms with E-state index in [0.29, 0.717) is 17.2 Å². The molecule has 1 aliphatic heterocycles. The minimum Gasteiger partial charge on any atom is -0.466 e. The summed E-state index contributed by atoms with van der Waals surface area (Å²) in [5, 5.41) is 2.96. The highest BCUT2D eigenvalue weighted by Crippen LogP contribution is 2.37. The van der Waals surface area contributed by atoms with E-state index in [2.05, 4.69) is 5.32 Å². The fourth-order valence-corrected chi connectivity index (χ4v) is 3.01. The number of nitrogens with one attached hydrogen (secondary N) is 1. The summed E-state index contributed by atoms with van der Waals surface area (Å²) in [4.78, 5) is 12.1. The van der Waals surface area contributed by atoms with Crippen molar-refractivity contribution in [2.75, 3.05) is 6.61 Å². The summed E-state index contributed by atoms with van der Waals surface area (Å²) in [6.07, 6.45) is 1.10. The second-order valence-electron chi connectivity index (χ2n) is 5.19. The molecule has 0 radical (unpaired) electrons. The lowest BCUT2D eigenvalue weighted by Gasteiger charge is -2.45. The lowest BCUT2D eigenvalue weighted by Crippen LogP contribution is -2.68. The molecule has 2 heterocycles. The van der Waals surface area contributed by atoms with Gasteiger partial charge in [-0.2, -0.15) is 0 Å². The maximum atomic E-state index is 12.1. The summed E-state index contributed by atoms with van der Waals surface area (Å²) in [6, 6.07) is 1.69. The Kier molecular flexibility index (Phi) is 2.68. The van der Waals surface area contributed by atoms with Crippen LogP contribution >= 0.6 is 0 Å². The van der Waals surface area contributed by atoms with Crippen molar-refractivity contribution in [2.45, 2.75) is 38.5 Å². The molecule has 5 heteroatoms. The first-order chi connectivity index (χ1) is 8.58. The van der Waals surface area contributed by atoms with Crippen LogP contribution in [0.4, 0.5) is 0 Å². The summed E-state index contributed by atoms with van der Waals surface area (Å²) < 4.78 is 10.9. The lowest BCUT2D eigenvalue weighted by molar-refractivity contribution is -0.0161. The van der Waals surface area contributed by atoms with Gasteiger partial charge in [0, 0.05) is 18.6 Å². The molecule has 0 bridgehead atoms. The Bertz CT molecular complexity index is 483. The van der Waals surface area contributed by atoms with Gasteiger partial charge in [-0.25, -0.2) is 0 Å². The number of carbonyl (C=O) groups is 1. The molecule has 1 amide bonds. The number of furan rings is 1. The van der Waals surface area contributed by atoms with Crippen LogP contribution in [0.5, 0.6) is 0 Å². The Labute approximate surface area is 106 Å². The molecule has 18 heavy (non-hydrogen) atoms. The number of ether oxygens (including phenoxy) is 1. The van der Waals surface area contributed by atoms with Gasteiger partial charge in [-0.05, 0) is 26.3 Å². The Morgan fingerprint density at radius 2 is 2.28 bits per heavy atom. The number of aryl methyl sites for hydroxylation is 2. The zero-order valence-electron chi connectivity index (χ0n) is 10.6. The number of carbonyl (C=O) groups excluding carboxylic acids is 1. The minimum absolute atomic E-state index is 0.00903. The summed E-state index contributed by atoms with van der Waals surface area (Å²) >= 11 is 0. The van der Waals surface area contributed by atoms with Crippen LogP contribution in [-0.4, -0.2) is 30.7 Å². The highest BCUT2D eigenvalue weighted by molar-refractivity contribution is 5.95. The molecule has 0 aromatic carbocycles. The summed E-state index contributed by atoms with van der Waals surface area (Å²) in [5.41, 5.74) is 6.64. The molecule has 1 aromatic heterocycles. The number of nitrogens with two attached hydrogens (primary N) is 1. The first-order valence-electron chi connectivity index (χ1n) is 6.33. The van der Waals surface area contributed by atoms with Crippen molar-refractivity contribution in [3.05, 3.63) is 23.2 Å². The maximum absolute atomic E-state index is 12.1. The van der Waals surface area contributed by atoms with Crippen LogP contribution in [-0.2, 0) is 4.74 Å². The van der Waals surface area contributed by atoms with E-state index >= 15 is 0 Å². The third-order valence-corrected chi connectivity index (χ3v) is 4.03. The Balaban J connectivity index is 1.70. The van der Waals surface area contributed by atoms with E-state index in [9.17, 15) is 4.79 Å². The Morgan fingerprint density at radius 3 is 2.94 bits per heavy atom. The van der Waals surface area contributed by atoms with E-state index in [0.717, 1.165) is 18.8 Å². The number of hydrogen-bond donors (Lipinski definition) is 2. The highest BCUT2D eigenvalue weighted by atomic mass is 16.5. The van der Waals surface area contributed by atoms with Gasteiger partial charge in [0.1, 0.15) is 11.5 Å². The molecule has 2 fully saturated rings. The van der Waals surface area contributed by atoms with Gasteiger partial charge in [-0.15, -0.1) is 0 Å². The van der Waals surface area contributed by atoms with Crippen LogP contribution in [0.3, 0.4) is 0 Å². The van der Waals surface area contributed by atoms with E-state index < -0.39 is 0 Å². The Hall–Kier alpha value is -1.33. The van der Waals surface area contributed by atoms with Crippen molar-refractivity contribution in [1.82, 2.24) is 5.32 Å². The predicted molar refractivity (Wildman–Crippen MR) is 65.3 cm³/mol. The molecular weight excluding hydrogens is 232 g/mol. The number of hydrogen-bond acceptors (Lipinski definition) is 4. The summed E-state index contributed by atoms with van der Waals surface area (Å²) in [5.74, 6) is 1.66. The molecule has 4 atom stereocenters. The van der Waals surface area contributed by atoms with Gasteiger partial charge in [0.2, 0.25) is 0 Å². The topological polar surface area (TPSA) is 77.5 Å². The quantitative estimate of drug-likeness (QED) is 0.811. The predicted octanol–water partition coefficient (Wildman–Crippen LogP) is 0.741. The number of fused-ring (bicyclic) bond motifs is 1. The van der Waals surface area contributed by atoms with E-state index in [1.807, 2.05) is 6.92 Å². The minimum atomic E-state index is -0.126. The zero-order valence-corrected chi connectivity index (χ0v) is 10.6. The monoisotopic (exact) mass is 250 g/mol. The van der Waals surface area contributed by atoms with Crippen LogP contribution < -0.4 is 11.1 Å². The molecule has 5 nitrogen and oxygen atoms in total. The lowest BCUT2D eigenvalue weighted by atomic mass is 9.72. The normalized spacial score (nSPS) is 33.9. The molecule has 3 N–H and O–H groups in total. The first kappa shape index (κ1) is 11.7. The fourth-order valence-electron chi connectivity index (χ4n) is 3.01. The van der Waals surface area contributed by atoms with Crippen LogP contribution in [0.25, 0.3) is 0 Å². The van der Waals surface area contributed by atoms with Crippen molar-refractivity contribution < 1.29 is 13.9 Å². The molecule has 98 valence electrons. The van der Waals surface area contributed by atoms with Crippen LogP contribution in [0.15, 0.2) is 10.5 Å². The van der Waals surface area contributed by atoms with Gasteiger partial charge in [0.05, 0.1) is 17.7 Å². The molecule has 3 rings (SSSR count). The Morgan fingerprint density at radius 1 is 1.50 bits per heavy atom. The van der Waals surface area contributed by atoms with Gasteiger partial charge >= 0.3 is 0 Å². The van der Waals surface area contributed by atoms with Crippen LogP contribution in [0.2, 0.25) is 0 Å². The third-order valence-electron chi connectivity index (χ3n) is 4.03. The van der Waals surface area contributed by atoms with Gasteiger partial charge in [0.25, 0.3) is 5.91 Å². The average molecular weight is 250 g/mol. The van der Waals surface area contributed by atoms with Crippen molar-refractivity contribution in [3.8, 4) is 0 Å². The third kappa shape index (κ3) is 1.66. The first-order valence-corrected chi connectivity index (χ1v) is 6.33. The average Bonchev–Trinajstić information content (AvgIpc) is 2.89. The second kappa shape index (κ2) is 4.10. The highest BCUT2D eigenvalue weighted by Gasteiger charge is 2.52. The van der Waals surface area contributed by atoms with Crippen LogP contribution in [0.1, 0.15) is 28.3 Å². The van der Waals surface area contributed by atoms with E-state index in [-0.39, 0.29) is 24.1 Å². The molecule has 0 spiro atoms. The van der Waals surface area contributed by atoms with E-state index in [1.54, 1.807) is 13.0 Å². The number of rotatable bonds is 2. The molecule has 1 saturated carbocycles. The number of amides is 1. The van der Waals surface area contributed by atoms with E-state index in [4.69, 9.17) is 14.9 Å². The maximum Gasteiger partial charge on any atom is 0.255 e. The van der Waals surface area contributed by atoms with Crippen molar-refractivity contribution >= 4 is 5.91 Å². The van der Waals surface area contributed by atoms with Crippen LogP contribution in [0, 0.1) is 19.8 Å². The SMILES string of the molecule is Cc1cc(C(=O)NC2C(N)C3CCOC32)c(C)o1. The van der Waals surface area contributed by atoms with Gasteiger partial charge in [-0.1, -0.05) is 0 Å². The molecular formula is C13H18N2O3. The smallest absolute Gasteiger partial charge is 0.255 e. The van der Waals surface area contributed by atoms with E-state index in [1.165, 1.54) is 0 Å². The van der Waals surface area contributed by atoms with Gasteiger partial charge in [0.15, 0.2) is 0 Å². The molecule has 4 unspecified atom stereocenters. The van der Waals surface area contributed by atoms with Crippen molar-refractivity contribution in [3.63, 3.8) is 0 Å². The summed E-state index contributed by atoms with van der Waals surface area (Å²) in [7, 11) is 0. The standard InChI is InChI=1S/C13H18N2O3/c1-6-5-9(7(2)18-6)13(16)15-11-10(14)8-3-4-17-12(8)11/h5,8,10-12H,3-4,14H2,1-2H3,(H,15,16). The zero-order chi connectivity index (χ0) is 12.9. The second-order valence-corrected chi connectivity index (χ2v) is 5.19. The molecule has 1 aliphatic carbocycles. The largest absolute Gasteiger partial charge is 0.466 e. The molecule has 1 saturated heterocycles.